The third-order valence-electron chi connectivity index (χ3n) is 5.52. The summed E-state index contributed by atoms with van der Waals surface area (Å²) in [6.45, 7) is 3.92. The number of hydrogen-bond donors (Lipinski definition) is 2. The van der Waals surface area contributed by atoms with E-state index in [-0.39, 0.29) is 31.6 Å². The van der Waals surface area contributed by atoms with E-state index in [1.807, 2.05) is 4.90 Å². The van der Waals surface area contributed by atoms with Crippen LogP contribution in [0.1, 0.15) is 19.8 Å². The lowest BCUT2D eigenvalue weighted by molar-refractivity contribution is -0.0790. The molecule has 31 heavy (non-hydrogen) atoms. The molecule has 1 aromatic carbocycles. The van der Waals surface area contributed by atoms with Crippen LogP contribution < -0.4 is 4.74 Å². The standard InChI is InChI=1S/C21H30F2N2O6/c1-2-30-19(26)25-5-3-20(27,4-6-25)12-24-7-8-29-14-21(28,13-24)15-31-18-10-16(22)9-17(23)11-18/h9-11,27-28H,2-8,12-15H2,1H3. The predicted octanol–water partition coefficient (Wildman–Crippen LogP) is 1.39. The van der Waals surface area contributed by atoms with Crippen LogP contribution in [0.4, 0.5) is 13.6 Å². The molecule has 0 saturated carbocycles. The van der Waals surface area contributed by atoms with E-state index >= 15 is 0 Å². The van der Waals surface area contributed by atoms with Crippen LogP contribution >= 0.6 is 0 Å². The van der Waals surface area contributed by atoms with Crippen molar-refractivity contribution < 1.29 is 38.0 Å². The van der Waals surface area contributed by atoms with Crippen LogP contribution in [0.15, 0.2) is 18.2 Å². The molecule has 0 radical (unpaired) electrons. The Labute approximate surface area is 180 Å². The molecule has 2 aliphatic heterocycles. The van der Waals surface area contributed by atoms with Gasteiger partial charge < -0.3 is 29.3 Å². The van der Waals surface area contributed by atoms with Gasteiger partial charge in [0.05, 0.1) is 25.4 Å². The number of ether oxygens (including phenoxy) is 3. The molecule has 2 saturated heterocycles. The molecular weight excluding hydrogens is 414 g/mol. The summed E-state index contributed by atoms with van der Waals surface area (Å²) in [6, 6.07) is 2.83. The highest BCUT2D eigenvalue weighted by Gasteiger charge is 2.40. The maximum atomic E-state index is 13.4. The van der Waals surface area contributed by atoms with Gasteiger partial charge in [-0.25, -0.2) is 13.6 Å². The summed E-state index contributed by atoms with van der Waals surface area (Å²) in [4.78, 5) is 15.3. The Morgan fingerprint density at radius 1 is 1.13 bits per heavy atom. The van der Waals surface area contributed by atoms with E-state index in [1.54, 1.807) is 11.8 Å². The summed E-state index contributed by atoms with van der Waals surface area (Å²) in [5.74, 6) is -1.55. The Kier molecular flexibility index (Phi) is 7.68. The first-order valence-electron chi connectivity index (χ1n) is 10.5. The van der Waals surface area contributed by atoms with E-state index in [0.29, 0.717) is 52.2 Å². The Bertz CT molecular complexity index is 739. The Balaban J connectivity index is 1.56. The Morgan fingerprint density at radius 3 is 2.45 bits per heavy atom. The van der Waals surface area contributed by atoms with E-state index in [4.69, 9.17) is 14.2 Å². The first-order valence-corrected chi connectivity index (χ1v) is 10.5. The molecule has 8 nitrogen and oxygen atoms in total. The molecule has 0 aliphatic carbocycles. The van der Waals surface area contributed by atoms with Crippen molar-refractivity contribution in [2.24, 2.45) is 0 Å². The van der Waals surface area contributed by atoms with Crippen LogP contribution in [-0.2, 0) is 9.47 Å². The number of benzene rings is 1. The number of β-amino-alcohol motifs (C(OH)–C–C–N with tert-alkyl or cyclic N) is 2. The minimum atomic E-state index is -1.42. The molecule has 0 spiro atoms. The van der Waals surface area contributed by atoms with E-state index in [9.17, 15) is 23.8 Å². The average molecular weight is 444 g/mol. The average Bonchev–Trinajstić information content (AvgIpc) is 2.87. The van der Waals surface area contributed by atoms with E-state index in [0.717, 1.165) is 18.2 Å². The molecule has 1 aromatic rings. The zero-order valence-electron chi connectivity index (χ0n) is 17.7. The minimum Gasteiger partial charge on any atom is -0.490 e. The van der Waals surface area contributed by atoms with Gasteiger partial charge in [-0.1, -0.05) is 0 Å². The van der Waals surface area contributed by atoms with Crippen molar-refractivity contribution >= 4 is 6.09 Å². The largest absolute Gasteiger partial charge is 0.490 e. The first-order chi connectivity index (χ1) is 14.7. The summed E-state index contributed by atoms with van der Waals surface area (Å²) in [6.07, 6.45) is 0.398. The number of rotatable bonds is 6. The molecule has 2 heterocycles. The molecule has 2 N–H and O–H groups in total. The molecule has 3 rings (SSSR count). The number of carbonyl (C=O) groups excluding carboxylic acids is 1. The zero-order chi connectivity index (χ0) is 22.5. The second kappa shape index (κ2) is 10.1. The minimum absolute atomic E-state index is 0.00361. The normalized spacial score (nSPS) is 24.5. The van der Waals surface area contributed by atoms with Crippen LogP contribution in [0.5, 0.6) is 5.75 Å². The Hall–Kier alpha value is -2.01. The monoisotopic (exact) mass is 444 g/mol. The van der Waals surface area contributed by atoms with Gasteiger partial charge in [0, 0.05) is 50.9 Å². The van der Waals surface area contributed by atoms with Gasteiger partial charge in [0.25, 0.3) is 0 Å². The Morgan fingerprint density at radius 2 is 1.81 bits per heavy atom. The van der Waals surface area contributed by atoms with Crippen LogP contribution in [0.3, 0.4) is 0 Å². The SMILES string of the molecule is CCOC(=O)N1CCC(O)(CN2CCOCC(O)(COc3cc(F)cc(F)c3)C2)CC1. The smallest absolute Gasteiger partial charge is 0.409 e. The second-order valence-electron chi connectivity index (χ2n) is 8.29. The number of amides is 1. The third-order valence-corrected chi connectivity index (χ3v) is 5.52. The lowest BCUT2D eigenvalue weighted by atomic mass is 9.90. The summed E-state index contributed by atoms with van der Waals surface area (Å²) in [7, 11) is 0. The lowest BCUT2D eigenvalue weighted by Crippen LogP contribution is -2.55. The fraction of sp³-hybridized carbons (Fsp3) is 0.667. The van der Waals surface area contributed by atoms with Crippen molar-refractivity contribution in [1.82, 2.24) is 9.80 Å². The molecule has 2 aliphatic rings. The van der Waals surface area contributed by atoms with Crippen molar-refractivity contribution in [2.45, 2.75) is 31.0 Å². The van der Waals surface area contributed by atoms with Crippen molar-refractivity contribution in [3.63, 3.8) is 0 Å². The van der Waals surface area contributed by atoms with Crippen LogP contribution in [-0.4, -0.2) is 96.5 Å². The number of nitrogens with zero attached hydrogens (tertiary/aromatic N) is 2. The van der Waals surface area contributed by atoms with Gasteiger partial charge in [0.15, 0.2) is 0 Å². The molecule has 1 unspecified atom stereocenters. The maximum Gasteiger partial charge on any atom is 0.409 e. The van der Waals surface area contributed by atoms with E-state index in [1.165, 1.54) is 0 Å². The highest BCUT2D eigenvalue weighted by Crippen LogP contribution is 2.26. The number of carbonyl (C=O) groups is 1. The molecule has 1 atom stereocenters. The molecule has 0 bridgehead atoms. The van der Waals surface area contributed by atoms with Gasteiger partial charge in [0.1, 0.15) is 29.6 Å². The highest BCUT2D eigenvalue weighted by atomic mass is 19.1. The summed E-state index contributed by atoms with van der Waals surface area (Å²) < 4.78 is 42.7. The fourth-order valence-electron chi connectivity index (χ4n) is 3.94. The van der Waals surface area contributed by atoms with Crippen molar-refractivity contribution in [1.29, 1.82) is 0 Å². The number of piperidine rings is 1. The molecule has 174 valence electrons. The second-order valence-corrected chi connectivity index (χ2v) is 8.29. The molecule has 2 fully saturated rings. The van der Waals surface area contributed by atoms with Gasteiger partial charge in [-0.2, -0.15) is 0 Å². The molecule has 0 aromatic heterocycles. The third kappa shape index (κ3) is 6.73. The van der Waals surface area contributed by atoms with Gasteiger partial charge in [-0.05, 0) is 19.8 Å². The van der Waals surface area contributed by atoms with Gasteiger partial charge >= 0.3 is 6.09 Å². The number of halogens is 2. The van der Waals surface area contributed by atoms with Gasteiger partial charge in [0.2, 0.25) is 0 Å². The van der Waals surface area contributed by atoms with Crippen molar-refractivity contribution in [3.8, 4) is 5.75 Å². The van der Waals surface area contributed by atoms with Crippen LogP contribution in [0.25, 0.3) is 0 Å². The zero-order valence-corrected chi connectivity index (χ0v) is 17.7. The van der Waals surface area contributed by atoms with Crippen LogP contribution in [0, 0.1) is 11.6 Å². The highest BCUT2D eigenvalue weighted by molar-refractivity contribution is 5.67. The van der Waals surface area contributed by atoms with E-state index in [2.05, 4.69) is 0 Å². The lowest BCUT2D eigenvalue weighted by Gasteiger charge is -2.41. The maximum absolute atomic E-state index is 13.4. The molecule has 1 amide bonds. The first kappa shape index (κ1) is 23.6. The predicted molar refractivity (Wildman–Crippen MR) is 107 cm³/mol. The topological polar surface area (TPSA) is 91.7 Å². The molecule has 10 heteroatoms. The fourth-order valence-corrected chi connectivity index (χ4v) is 3.94. The van der Waals surface area contributed by atoms with Crippen LogP contribution in [0.2, 0.25) is 0 Å². The quantitative estimate of drug-likeness (QED) is 0.685. The van der Waals surface area contributed by atoms with Crippen molar-refractivity contribution in [2.75, 3.05) is 59.2 Å². The summed E-state index contributed by atoms with van der Waals surface area (Å²) in [5.41, 5.74) is -2.43. The summed E-state index contributed by atoms with van der Waals surface area (Å²) >= 11 is 0. The summed E-state index contributed by atoms with van der Waals surface area (Å²) in [5, 5.41) is 22.0. The number of hydrogen-bond acceptors (Lipinski definition) is 7. The van der Waals surface area contributed by atoms with Gasteiger partial charge in [-0.15, -0.1) is 0 Å². The number of aliphatic hydroxyl groups is 2. The van der Waals surface area contributed by atoms with Crippen molar-refractivity contribution in [3.05, 3.63) is 29.8 Å². The number of likely N-dealkylation sites (tertiary alicyclic amines) is 1. The molecular formula is C21H30F2N2O6. The van der Waals surface area contributed by atoms with E-state index < -0.39 is 22.8 Å². The van der Waals surface area contributed by atoms with Gasteiger partial charge in [-0.3, -0.25) is 4.90 Å².